The number of carboxylic acid groups (broad SMARTS) is 1. The quantitative estimate of drug-likeness (QED) is 0.742. The third-order valence-corrected chi connectivity index (χ3v) is 6.39. The van der Waals surface area contributed by atoms with Gasteiger partial charge in [0.2, 0.25) is 0 Å². The molecule has 3 heterocycles. The van der Waals surface area contributed by atoms with Crippen LogP contribution in [0, 0.1) is 11.7 Å². The van der Waals surface area contributed by atoms with E-state index in [1.54, 1.807) is 20.8 Å². The number of benzene rings is 1. The number of hydrogen-bond donors (Lipinski definition) is 1. The summed E-state index contributed by atoms with van der Waals surface area (Å²) in [6.45, 7) is 7.97. The number of carboxylic acids is 1. The molecule has 3 fully saturated rings. The first-order valence-corrected chi connectivity index (χ1v) is 11.4. The van der Waals surface area contributed by atoms with Crippen LogP contribution in [0.3, 0.4) is 0 Å². The van der Waals surface area contributed by atoms with Crippen molar-refractivity contribution in [2.24, 2.45) is 5.92 Å². The number of urea groups is 1. The van der Waals surface area contributed by atoms with Crippen LogP contribution in [0.2, 0.25) is 0 Å². The van der Waals surface area contributed by atoms with Gasteiger partial charge in [-0.15, -0.1) is 0 Å². The average Bonchev–Trinajstić information content (AvgIpc) is 3.08. The number of rotatable bonds is 3. The number of hydrogen-bond acceptors (Lipinski definition) is 5. The lowest BCUT2D eigenvalue weighted by atomic mass is 9.96. The summed E-state index contributed by atoms with van der Waals surface area (Å²) in [4.78, 5) is 43.6. The molecule has 4 rings (SSSR count). The molecule has 3 amide bonds. The molecule has 1 aromatic carbocycles. The summed E-state index contributed by atoms with van der Waals surface area (Å²) in [6, 6.07) is 4.14. The molecule has 0 saturated carbocycles. The highest BCUT2D eigenvalue weighted by molar-refractivity contribution is 5.95. The van der Waals surface area contributed by atoms with Crippen molar-refractivity contribution in [3.05, 3.63) is 24.0 Å². The van der Waals surface area contributed by atoms with E-state index < -0.39 is 23.5 Å². The lowest BCUT2D eigenvalue weighted by molar-refractivity contribution is -0.142. The standard InChI is InChI=1S/C23H31FN4O5/c1-23(2,3)33-22(32)26-8-9-27-19(13-26)14-28(21(27)31)18-11-16(24)10-17(12-18)25-6-4-15(5-7-25)20(29)30/h10-12,15,19H,4-9,13-14H2,1-3H3,(H,29,30)/t19-/m0/s1. The van der Waals surface area contributed by atoms with Gasteiger partial charge >= 0.3 is 18.1 Å². The van der Waals surface area contributed by atoms with E-state index in [1.165, 1.54) is 12.1 Å². The summed E-state index contributed by atoms with van der Waals surface area (Å²) in [5.41, 5.74) is 0.512. The molecule has 10 heteroatoms. The van der Waals surface area contributed by atoms with Crippen molar-refractivity contribution in [2.75, 3.05) is 49.1 Å². The highest BCUT2D eigenvalue weighted by Gasteiger charge is 2.43. The van der Waals surface area contributed by atoms with E-state index in [0.717, 1.165) is 0 Å². The summed E-state index contributed by atoms with van der Waals surface area (Å²) < 4.78 is 20.0. The van der Waals surface area contributed by atoms with E-state index >= 15 is 0 Å². The van der Waals surface area contributed by atoms with Crippen molar-refractivity contribution in [2.45, 2.75) is 45.3 Å². The molecule has 0 aromatic heterocycles. The zero-order valence-corrected chi connectivity index (χ0v) is 19.3. The fourth-order valence-corrected chi connectivity index (χ4v) is 4.70. The first-order chi connectivity index (χ1) is 15.5. The molecular weight excluding hydrogens is 431 g/mol. The smallest absolute Gasteiger partial charge is 0.410 e. The number of piperidine rings is 1. The molecule has 9 nitrogen and oxygen atoms in total. The second-order valence-electron chi connectivity index (χ2n) is 9.93. The molecule has 0 aliphatic carbocycles. The van der Waals surface area contributed by atoms with Gasteiger partial charge in [-0.25, -0.2) is 14.0 Å². The van der Waals surface area contributed by atoms with E-state index in [1.807, 2.05) is 25.7 Å². The third-order valence-electron chi connectivity index (χ3n) is 6.39. The van der Waals surface area contributed by atoms with E-state index in [0.29, 0.717) is 63.5 Å². The molecule has 0 radical (unpaired) electrons. The second-order valence-corrected chi connectivity index (χ2v) is 9.93. The maximum Gasteiger partial charge on any atom is 0.410 e. The van der Waals surface area contributed by atoms with Crippen LogP contribution in [-0.4, -0.2) is 83.9 Å². The number of amides is 3. The van der Waals surface area contributed by atoms with Crippen molar-refractivity contribution in [1.82, 2.24) is 9.80 Å². The molecule has 0 bridgehead atoms. The molecule has 33 heavy (non-hydrogen) atoms. The summed E-state index contributed by atoms with van der Waals surface area (Å²) in [6.07, 6.45) is 0.603. The van der Waals surface area contributed by atoms with Crippen LogP contribution in [0.5, 0.6) is 0 Å². The monoisotopic (exact) mass is 462 g/mol. The fraction of sp³-hybridized carbons (Fsp3) is 0.609. The minimum atomic E-state index is -0.797. The van der Waals surface area contributed by atoms with Gasteiger partial charge in [-0.1, -0.05) is 0 Å². The van der Waals surface area contributed by atoms with Gasteiger partial charge in [-0.2, -0.15) is 0 Å². The second kappa shape index (κ2) is 8.72. The lowest BCUT2D eigenvalue weighted by Crippen LogP contribution is -2.54. The van der Waals surface area contributed by atoms with E-state index in [2.05, 4.69) is 0 Å². The minimum absolute atomic E-state index is 0.197. The average molecular weight is 463 g/mol. The molecule has 180 valence electrons. The van der Waals surface area contributed by atoms with Gasteiger partial charge in [-0.05, 0) is 51.8 Å². The Hall–Kier alpha value is -3.04. The Balaban J connectivity index is 1.46. The SMILES string of the molecule is CC(C)(C)OC(=O)N1CCN2C(=O)N(c3cc(F)cc(N4CCC(C(=O)O)CC4)c3)C[C@@H]2C1. The van der Waals surface area contributed by atoms with Gasteiger partial charge < -0.3 is 24.5 Å². The first-order valence-electron chi connectivity index (χ1n) is 11.4. The number of piperazine rings is 1. The van der Waals surface area contributed by atoms with Crippen LogP contribution in [0.25, 0.3) is 0 Å². The predicted octanol–water partition coefficient (Wildman–Crippen LogP) is 2.99. The molecule has 3 saturated heterocycles. The first kappa shape index (κ1) is 23.1. The fourth-order valence-electron chi connectivity index (χ4n) is 4.70. The Bertz CT molecular complexity index is 941. The molecule has 1 aromatic rings. The summed E-state index contributed by atoms with van der Waals surface area (Å²) >= 11 is 0. The van der Waals surface area contributed by atoms with Crippen molar-refractivity contribution in [3.63, 3.8) is 0 Å². The highest BCUT2D eigenvalue weighted by Crippen LogP contribution is 2.32. The summed E-state index contributed by atoms with van der Waals surface area (Å²) in [7, 11) is 0. The van der Waals surface area contributed by atoms with Gasteiger partial charge in [0.1, 0.15) is 11.4 Å². The van der Waals surface area contributed by atoms with Gasteiger partial charge in [-0.3, -0.25) is 9.69 Å². The zero-order valence-electron chi connectivity index (χ0n) is 19.3. The van der Waals surface area contributed by atoms with Crippen molar-refractivity contribution < 1.29 is 28.6 Å². The minimum Gasteiger partial charge on any atom is -0.481 e. The van der Waals surface area contributed by atoms with Gasteiger partial charge in [0, 0.05) is 45.0 Å². The molecular formula is C23H31FN4O5. The van der Waals surface area contributed by atoms with E-state index in [4.69, 9.17) is 4.74 Å². The Morgan fingerprint density at radius 2 is 1.70 bits per heavy atom. The van der Waals surface area contributed by atoms with Crippen molar-refractivity contribution in [1.29, 1.82) is 0 Å². The topological polar surface area (TPSA) is 93.6 Å². The number of aliphatic carboxylic acids is 1. The van der Waals surface area contributed by atoms with Crippen LogP contribution in [0.4, 0.5) is 25.4 Å². The zero-order chi connectivity index (χ0) is 23.9. The molecule has 3 aliphatic rings. The molecule has 0 spiro atoms. The molecule has 1 N–H and O–H groups in total. The van der Waals surface area contributed by atoms with Crippen molar-refractivity contribution in [3.8, 4) is 0 Å². The van der Waals surface area contributed by atoms with Crippen LogP contribution in [-0.2, 0) is 9.53 Å². The van der Waals surface area contributed by atoms with Gasteiger partial charge in [0.05, 0.1) is 17.6 Å². The van der Waals surface area contributed by atoms with Gasteiger partial charge in [0.25, 0.3) is 0 Å². The Morgan fingerprint density at radius 1 is 1.03 bits per heavy atom. The summed E-state index contributed by atoms with van der Waals surface area (Å²) in [5, 5.41) is 9.21. The number of fused-ring (bicyclic) bond motifs is 1. The Labute approximate surface area is 192 Å². The van der Waals surface area contributed by atoms with E-state index in [9.17, 15) is 23.9 Å². The largest absolute Gasteiger partial charge is 0.481 e. The molecule has 0 unspecified atom stereocenters. The molecule has 1 atom stereocenters. The number of carbonyl (C=O) groups is 3. The number of carbonyl (C=O) groups excluding carboxylic acids is 2. The number of ether oxygens (including phenoxy) is 1. The maximum absolute atomic E-state index is 14.5. The number of halogens is 1. The highest BCUT2D eigenvalue weighted by atomic mass is 19.1. The number of anilines is 2. The predicted molar refractivity (Wildman–Crippen MR) is 120 cm³/mol. The van der Waals surface area contributed by atoms with Crippen LogP contribution < -0.4 is 9.80 Å². The van der Waals surface area contributed by atoms with Crippen LogP contribution in [0.15, 0.2) is 18.2 Å². The Morgan fingerprint density at radius 3 is 2.33 bits per heavy atom. The normalized spacial score (nSPS) is 21.9. The lowest BCUT2D eigenvalue weighted by Gasteiger charge is -2.36. The number of nitrogens with zero attached hydrogens (tertiary/aromatic N) is 4. The maximum atomic E-state index is 14.5. The van der Waals surface area contributed by atoms with E-state index in [-0.39, 0.29) is 18.0 Å². The third kappa shape index (κ3) is 4.99. The van der Waals surface area contributed by atoms with Gasteiger partial charge in [0.15, 0.2) is 0 Å². The van der Waals surface area contributed by atoms with Crippen LogP contribution in [0.1, 0.15) is 33.6 Å². The Kier molecular flexibility index (Phi) is 6.11. The van der Waals surface area contributed by atoms with Crippen molar-refractivity contribution >= 4 is 29.5 Å². The van der Waals surface area contributed by atoms with Crippen LogP contribution >= 0.6 is 0 Å². The molecule has 3 aliphatic heterocycles. The summed E-state index contributed by atoms with van der Waals surface area (Å²) in [5.74, 6) is -1.62.